The summed E-state index contributed by atoms with van der Waals surface area (Å²) in [6, 6.07) is 5.22. The van der Waals surface area contributed by atoms with Crippen LogP contribution in [-0.4, -0.2) is 33.3 Å². The van der Waals surface area contributed by atoms with Gasteiger partial charge in [0, 0.05) is 33.9 Å². The minimum atomic E-state index is -4.32. The molecule has 0 aliphatic heterocycles. The number of methoxy groups -OCH3 is 1. The molecule has 126 valence electrons. The van der Waals surface area contributed by atoms with E-state index in [1.54, 1.807) is 20.2 Å². The van der Waals surface area contributed by atoms with Gasteiger partial charge in [-0.15, -0.1) is 24.0 Å². The average Bonchev–Trinajstić information content (AvgIpc) is 2.46. The van der Waals surface area contributed by atoms with Gasteiger partial charge in [0.15, 0.2) is 5.96 Å². The summed E-state index contributed by atoms with van der Waals surface area (Å²) < 4.78 is 42.7. The van der Waals surface area contributed by atoms with Gasteiger partial charge in [-0.1, -0.05) is 12.1 Å². The highest BCUT2D eigenvalue weighted by atomic mass is 127. The van der Waals surface area contributed by atoms with Crippen LogP contribution in [0.2, 0.25) is 0 Å². The summed E-state index contributed by atoms with van der Waals surface area (Å²) in [5.74, 6) is 0.545. The topological polar surface area (TPSA) is 45.7 Å². The van der Waals surface area contributed by atoms with Gasteiger partial charge in [-0.05, 0) is 24.1 Å². The van der Waals surface area contributed by atoms with Crippen molar-refractivity contribution >= 4 is 29.9 Å². The van der Waals surface area contributed by atoms with Crippen molar-refractivity contribution in [3.05, 3.63) is 35.4 Å². The number of guanidine groups is 1. The highest BCUT2D eigenvalue weighted by molar-refractivity contribution is 14.0. The van der Waals surface area contributed by atoms with Crippen LogP contribution in [0, 0.1) is 0 Å². The van der Waals surface area contributed by atoms with Crippen LogP contribution in [0.3, 0.4) is 0 Å². The number of hydrogen-bond donors (Lipinski definition) is 2. The molecular formula is C14H21F3IN3O. The molecule has 0 radical (unpaired) electrons. The van der Waals surface area contributed by atoms with Gasteiger partial charge in [-0.25, -0.2) is 0 Å². The smallest absolute Gasteiger partial charge is 0.385 e. The number of halogens is 4. The monoisotopic (exact) mass is 431 g/mol. The molecule has 0 bridgehead atoms. The van der Waals surface area contributed by atoms with Crippen molar-refractivity contribution in [2.24, 2.45) is 4.99 Å². The van der Waals surface area contributed by atoms with E-state index in [1.807, 2.05) is 0 Å². The molecule has 0 saturated heterocycles. The Bertz CT molecular complexity index is 467. The van der Waals surface area contributed by atoms with Gasteiger partial charge in [0.1, 0.15) is 0 Å². The maximum absolute atomic E-state index is 12.6. The zero-order chi connectivity index (χ0) is 15.7. The average molecular weight is 431 g/mol. The fourth-order valence-corrected chi connectivity index (χ4v) is 1.69. The SMILES string of the molecule is CN=C(NCCCOC)NCc1cccc(C(F)(F)F)c1.I. The third-order valence-electron chi connectivity index (χ3n) is 2.76. The molecule has 22 heavy (non-hydrogen) atoms. The molecule has 8 heteroatoms. The Balaban J connectivity index is 0.00000441. The first-order valence-electron chi connectivity index (χ1n) is 6.57. The molecule has 0 aromatic heterocycles. The van der Waals surface area contributed by atoms with Crippen LogP contribution < -0.4 is 10.6 Å². The lowest BCUT2D eigenvalue weighted by atomic mass is 10.1. The zero-order valence-corrected chi connectivity index (χ0v) is 14.9. The predicted octanol–water partition coefficient (Wildman–Crippen LogP) is 3.02. The molecule has 0 atom stereocenters. The van der Waals surface area contributed by atoms with Crippen molar-refractivity contribution in [2.75, 3.05) is 27.3 Å². The van der Waals surface area contributed by atoms with Gasteiger partial charge in [-0.3, -0.25) is 4.99 Å². The van der Waals surface area contributed by atoms with Crippen LogP contribution in [0.1, 0.15) is 17.5 Å². The molecule has 0 saturated carbocycles. The van der Waals surface area contributed by atoms with Gasteiger partial charge in [0.05, 0.1) is 5.56 Å². The van der Waals surface area contributed by atoms with Crippen LogP contribution in [0.15, 0.2) is 29.3 Å². The first kappa shape index (κ1) is 21.0. The van der Waals surface area contributed by atoms with Crippen molar-refractivity contribution in [2.45, 2.75) is 19.1 Å². The quantitative estimate of drug-likeness (QED) is 0.315. The summed E-state index contributed by atoms with van der Waals surface area (Å²) in [7, 11) is 3.23. The third kappa shape index (κ3) is 7.83. The van der Waals surface area contributed by atoms with E-state index >= 15 is 0 Å². The first-order chi connectivity index (χ1) is 9.97. The predicted molar refractivity (Wildman–Crippen MR) is 91.6 cm³/mol. The normalized spacial score (nSPS) is 11.8. The third-order valence-corrected chi connectivity index (χ3v) is 2.76. The molecule has 4 nitrogen and oxygen atoms in total. The van der Waals surface area contributed by atoms with Crippen molar-refractivity contribution in [3.63, 3.8) is 0 Å². The van der Waals surface area contributed by atoms with Crippen LogP contribution in [-0.2, 0) is 17.5 Å². The minimum Gasteiger partial charge on any atom is -0.385 e. The van der Waals surface area contributed by atoms with E-state index in [-0.39, 0.29) is 30.5 Å². The fraction of sp³-hybridized carbons (Fsp3) is 0.500. The summed E-state index contributed by atoms with van der Waals surface area (Å²) in [5.41, 5.74) is -0.102. The Morgan fingerprint density at radius 3 is 2.59 bits per heavy atom. The largest absolute Gasteiger partial charge is 0.416 e. The van der Waals surface area contributed by atoms with Crippen molar-refractivity contribution in [3.8, 4) is 0 Å². The molecule has 0 spiro atoms. The van der Waals surface area contributed by atoms with Crippen molar-refractivity contribution in [1.82, 2.24) is 10.6 Å². The van der Waals surface area contributed by atoms with Crippen molar-refractivity contribution < 1.29 is 17.9 Å². The minimum absolute atomic E-state index is 0. The lowest BCUT2D eigenvalue weighted by molar-refractivity contribution is -0.137. The Labute approximate surface area is 145 Å². The number of alkyl halides is 3. The van der Waals surface area contributed by atoms with E-state index in [0.717, 1.165) is 18.6 Å². The molecule has 1 aromatic carbocycles. The molecule has 0 heterocycles. The maximum Gasteiger partial charge on any atom is 0.416 e. The Morgan fingerprint density at radius 1 is 1.27 bits per heavy atom. The summed E-state index contributed by atoms with van der Waals surface area (Å²) in [6.07, 6.45) is -3.50. The molecule has 2 N–H and O–H groups in total. The summed E-state index contributed by atoms with van der Waals surface area (Å²) in [4.78, 5) is 4.00. The molecule has 0 amide bonds. The zero-order valence-electron chi connectivity index (χ0n) is 12.5. The van der Waals surface area contributed by atoms with E-state index in [4.69, 9.17) is 4.74 Å². The number of aliphatic imine (C=N–C) groups is 1. The second-order valence-corrected chi connectivity index (χ2v) is 4.40. The molecule has 0 unspecified atom stereocenters. The summed E-state index contributed by atoms with van der Waals surface area (Å²) in [6.45, 7) is 1.58. The van der Waals surface area contributed by atoms with Gasteiger partial charge in [0.2, 0.25) is 0 Å². The Hall–Kier alpha value is -1.03. The summed E-state index contributed by atoms with van der Waals surface area (Å²) in [5, 5.41) is 6.03. The molecular weight excluding hydrogens is 410 g/mol. The number of hydrogen-bond acceptors (Lipinski definition) is 2. The van der Waals surface area contributed by atoms with Crippen molar-refractivity contribution in [1.29, 1.82) is 0 Å². The fourth-order valence-electron chi connectivity index (χ4n) is 1.69. The van der Waals surface area contributed by atoms with Crippen LogP contribution in [0.4, 0.5) is 13.2 Å². The number of rotatable bonds is 6. The van der Waals surface area contributed by atoms with Crippen LogP contribution in [0.25, 0.3) is 0 Å². The Morgan fingerprint density at radius 2 is 2.00 bits per heavy atom. The molecule has 0 fully saturated rings. The maximum atomic E-state index is 12.6. The Kier molecular flexibility index (Phi) is 10.2. The van der Waals surface area contributed by atoms with Crippen LogP contribution in [0.5, 0.6) is 0 Å². The highest BCUT2D eigenvalue weighted by Crippen LogP contribution is 2.29. The lowest BCUT2D eigenvalue weighted by Gasteiger charge is -2.13. The standard InChI is InChI=1S/C14H20F3N3O.HI/c1-18-13(19-7-4-8-21-2)20-10-11-5-3-6-12(9-11)14(15,16)17;/h3,5-6,9H,4,7-8,10H2,1-2H3,(H2,18,19,20);1H. The van der Waals surface area contributed by atoms with Crippen LogP contribution >= 0.6 is 24.0 Å². The highest BCUT2D eigenvalue weighted by Gasteiger charge is 2.30. The summed E-state index contributed by atoms with van der Waals surface area (Å²) >= 11 is 0. The van der Waals surface area contributed by atoms with E-state index in [1.165, 1.54) is 6.07 Å². The van der Waals surface area contributed by atoms with E-state index in [2.05, 4.69) is 15.6 Å². The van der Waals surface area contributed by atoms with Gasteiger partial charge >= 0.3 is 6.18 Å². The van der Waals surface area contributed by atoms with Gasteiger partial charge in [-0.2, -0.15) is 13.2 Å². The second kappa shape index (κ2) is 10.7. The lowest BCUT2D eigenvalue weighted by Crippen LogP contribution is -2.37. The molecule has 1 rings (SSSR count). The molecule has 0 aliphatic rings. The van der Waals surface area contributed by atoms with E-state index in [0.29, 0.717) is 24.7 Å². The number of nitrogens with zero attached hydrogens (tertiary/aromatic N) is 1. The van der Waals surface area contributed by atoms with Gasteiger partial charge in [0.25, 0.3) is 0 Å². The first-order valence-corrected chi connectivity index (χ1v) is 6.57. The molecule has 0 aliphatic carbocycles. The number of ether oxygens (including phenoxy) is 1. The van der Waals surface area contributed by atoms with E-state index in [9.17, 15) is 13.2 Å². The second-order valence-electron chi connectivity index (χ2n) is 4.40. The van der Waals surface area contributed by atoms with Gasteiger partial charge < -0.3 is 15.4 Å². The van der Waals surface area contributed by atoms with E-state index < -0.39 is 11.7 Å². The number of nitrogens with one attached hydrogen (secondary N) is 2. The molecule has 1 aromatic rings. The number of benzene rings is 1.